The highest BCUT2D eigenvalue weighted by molar-refractivity contribution is 5.76. The molecule has 12 unspecified atom stereocenters. The Balaban J connectivity index is 1.65. The van der Waals surface area contributed by atoms with Crippen LogP contribution in [0.5, 0.6) is 0 Å². The third-order valence-corrected chi connectivity index (χ3v) is 16.8. The maximum absolute atomic E-state index is 13.3. The van der Waals surface area contributed by atoms with Crippen LogP contribution in [0.15, 0.2) is 97.2 Å². The van der Waals surface area contributed by atoms with Crippen molar-refractivity contribution in [1.82, 2.24) is 5.32 Å². The molecule has 88 heavy (non-hydrogen) atoms. The van der Waals surface area contributed by atoms with Gasteiger partial charge in [0, 0.05) is 6.42 Å². The van der Waals surface area contributed by atoms with Crippen LogP contribution in [-0.2, 0) is 23.7 Å². The molecule has 9 N–H and O–H groups in total. The highest BCUT2D eigenvalue weighted by atomic mass is 16.7. The molecule has 0 aromatic heterocycles. The highest BCUT2D eigenvalue weighted by Gasteiger charge is 2.51. The minimum Gasteiger partial charge on any atom is -0.394 e. The fraction of sp³-hybridized carbons (Fsp3) is 0.770. The number of aliphatic hydroxyl groups excluding tert-OH is 8. The Morgan fingerprint density at radius 2 is 0.784 bits per heavy atom. The molecule has 2 aliphatic heterocycles. The van der Waals surface area contributed by atoms with Crippen molar-refractivity contribution >= 4 is 5.91 Å². The molecule has 2 heterocycles. The normalized spacial score (nSPS) is 23.8. The first-order chi connectivity index (χ1) is 43.1. The molecule has 0 radical (unpaired) electrons. The Labute approximate surface area is 534 Å². The lowest BCUT2D eigenvalue weighted by Gasteiger charge is -2.46. The van der Waals surface area contributed by atoms with Crippen molar-refractivity contribution in [3.63, 3.8) is 0 Å². The number of allylic oxidation sites excluding steroid dienone is 15. The molecule has 14 heteroatoms. The topological polar surface area (TPSA) is 228 Å². The number of carbonyl (C=O) groups is 1. The summed E-state index contributed by atoms with van der Waals surface area (Å²) in [4.78, 5) is 13.3. The van der Waals surface area contributed by atoms with Crippen LogP contribution in [0.2, 0.25) is 0 Å². The molecule has 1 amide bonds. The van der Waals surface area contributed by atoms with Gasteiger partial charge in [0.25, 0.3) is 0 Å². The molecule has 2 saturated heterocycles. The number of carbonyl (C=O) groups excluding carboxylic acids is 1. The second kappa shape index (κ2) is 57.8. The van der Waals surface area contributed by atoms with E-state index in [2.05, 4.69) is 104 Å². The third-order valence-electron chi connectivity index (χ3n) is 16.8. The van der Waals surface area contributed by atoms with Crippen molar-refractivity contribution in [1.29, 1.82) is 0 Å². The molecule has 0 bridgehead atoms. The predicted octanol–water partition coefficient (Wildman–Crippen LogP) is 14.6. The average Bonchev–Trinajstić information content (AvgIpc) is 1.84. The van der Waals surface area contributed by atoms with Crippen LogP contribution in [0.4, 0.5) is 0 Å². The van der Waals surface area contributed by atoms with Gasteiger partial charge in [0.05, 0.1) is 32.0 Å². The SMILES string of the molecule is CC/C=C\C/C=C\C/C=C\C/C=C\C/C=C\C/C=C\C/C=C\CCCCCCCCCCCCCCCC(=O)NC(COC1OC(CO)C(OC2OC(CO)C(O)C(O)C2O)C(O)C1O)C(O)/C=C/CCCCCCCCCCCCCCCCCCC. The second-order valence-electron chi connectivity index (χ2n) is 24.6. The lowest BCUT2D eigenvalue weighted by molar-refractivity contribution is -0.359. The van der Waals surface area contributed by atoms with Crippen LogP contribution >= 0.6 is 0 Å². The number of unbranched alkanes of at least 4 members (excludes halogenated alkanes) is 30. The summed E-state index contributed by atoms with van der Waals surface area (Å²) in [6.07, 6.45) is 64.5. The monoisotopic (exact) mass is 1240 g/mol. The van der Waals surface area contributed by atoms with E-state index in [0.717, 1.165) is 89.9 Å². The van der Waals surface area contributed by atoms with Gasteiger partial charge in [-0.25, -0.2) is 0 Å². The Morgan fingerprint density at radius 3 is 1.20 bits per heavy atom. The average molecular weight is 1240 g/mol. The Bertz CT molecular complexity index is 1850. The van der Waals surface area contributed by atoms with E-state index in [1.54, 1.807) is 6.08 Å². The number of hydrogen-bond donors (Lipinski definition) is 9. The molecule has 508 valence electrons. The Kier molecular flexibility index (Phi) is 53.2. The maximum Gasteiger partial charge on any atom is 0.220 e. The molecule has 2 rings (SSSR count). The Morgan fingerprint density at radius 1 is 0.420 bits per heavy atom. The van der Waals surface area contributed by atoms with Gasteiger partial charge in [0.15, 0.2) is 12.6 Å². The highest BCUT2D eigenvalue weighted by Crippen LogP contribution is 2.30. The summed E-state index contributed by atoms with van der Waals surface area (Å²) < 4.78 is 22.9. The van der Waals surface area contributed by atoms with Gasteiger partial charge < -0.3 is 65.1 Å². The molecule has 12 atom stereocenters. The summed E-state index contributed by atoms with van der Waals surface area (Å²) in [5, 5.41) is 87.4. The molecule has 14 nitrogen and oxygen atoms in total. The van der Waals surface area contributed by atoms with Crippen molar-refractivity contribution < 1.29 is 64.6 Å². The summed E-state index contributed by atoms with van der Waals surface area (Å²) in [6.45, 7) is 2.70. The minimum absolute atomic E-state index is 0.242. The van der Waals surface area contributed by atoms with Gasteiger partial charge in [-0.15, -0.1) is 0 Å². The first-order valence-electron chi connectivity index (χ1n) is 35.5. The predicted molar refractivity (Wildman–Crippen MR) is 359 cm³/mol. The molecule has 0 spiro atoms. The fourth-order valence-corrected chi connectivity index (χ4v) is 11.2. The van der Waals surface area contributed by atoms with Gasteiger partial charge in [-0.3, -0.25) is 4.79 Å². The minimum atomic E-state index is -1.79. The zero-order chi connectivity index (χ0) is 63.8. The smallest absolute Gasteiger partial charge is 0.220 e. The number of nitrogens with one attached hydrogen (secondary N) is 1. The van der Waals surface area contributed by atoms with E-state index in [0.29, 0.717) is 6.42 Å². The van der Waals surface area contributed by atoms with Gasteiger partial charge in [-0.2, -0.15) is 0 Å². The van der Waals surface area contributed by atoms with E-state index in [9.17, 15) is 45.6 Å². The van der Waals surface area contributed by atoms with Gasteiger partial charge >= 0.3 is 0 Å². The number of hydrogen-bond acceptors (Lipinski definition) is 13. The van der Waals surface area contributed by atoms with Crippen LogP contribution in [0.3, 0.4) is 0 Å². The summed E-state index contributed by atoms with van der Waals surface area (Å²) in [5.74, 6) is -0.242. The maximum atomic E-state index is 13.3. The second-order valence-corrected chi connectivity index (χ2v) is 24.6. The van der Waals surface area contributed by atoms with Gasteiger partial charge in [-0.05, 0) is 77.0 Å². The molecule has 2 fully saturated rings. The lowest BCUT2D eigenvalue weighted by atomic mass is 9.97. The molecule has 0 aromatic carbocycles. The molecule has 0 aliphatic carbocycles. The van der Waals surface area contributed by atoms with Crippen LogP contribution in [0.1, 0.15) is 271 Å². The Hall–Kier alpha value is -3.09. The largest absolute Gasteiger partial charge is 0.394 e. The molecule has 0 saturated carbocycles. The quantitative estimate of drug-likeness (QED) is 0.0204. The first kappa shape index (κ1) is 81.0. The van der Waals surface area contributed by atoms with Crippen molar-refractivity contribution in [3.8, 4) is 0 Å². The van der Waals surface area contributed by atoms with E-state index >= 15 is 0 Å². The number of aliphatic hydroxyl groups is 8. The molecule has 2 aliphatic rings. The third kappa shape index (κ3) is 41.4. The van der Waals surface area contributed by atoms with E-state index in [1.165, 1.54) is 154 Å². The van der Waals surface area contributed by atoms with Crippen molar-refractivity contribution in [2.45, 2.75) is 344 Å². The molecule has 0 aromatic rings. The van der Waals surface area contributed by atoms with Crippen molar-refractivity contribution in [2.24, 2.45) is 0 Å². The molecular formula is C74H129NO13. The van der Waals surface area contributed by atoms with Gasteiger partial charge in [-0.1, -0.05) is 284 Å². The van der Waals surface area contributed by atoms with Crippen LogP contribution in [0, 0.1) is 0 Å². The van der Waals surface area contributed by atoms with Crippen LogP contribution in [-0.4, -0.2) is 140 Å². The van der Waals surface area contributed by atoms with Gasteiger partial charge in [0.2, 0.25) is 5.91 Å². The van der Waals surface area contributed by atoms with Crippen LogP contribution in [0.25, 0.3) is 0 Å². The zero-order valence-corrected chi connectivity index (χ0v) is 55.2. The van der Waals surface area contributed by atoms with E-state index in [4.69, 9.17) is 18.9 Å². The fourth-order valence-electron chi connectivity index (χ4n) is 11.2. The van der Waals surface area contributed by atoms with Gasteiger partial charge in [0.1, 0.15) is 48.8 Å². The molecular weight excluding hydrogens is 1110 g/mol. The number of amides is 1. The number of rotatable bonds is 57. The summed E-state index contributed by atoms with van der Waals surface area (Å²) in [5.41, 5.74) is 0. The first-order valence-corrected chi connectivity index (χ1v) is 35.5. The standard InChI is InChI=1S/C74H129NO13/c1-3-5-7-9-11-13-15-17-19-21-23-24-25-26-27-28-29-30-31-32-33-34-35-36-37-38-40-42-44-46-48-50-52-54-56-58-66(79)75-62(63(78)57-55-53-51-49-47-45-43-41-39-22-20-18-16-14-12-10-8-6-4-2)61-85-73-71(84)69(82)72(65(60-77)87-73)88-74-70(83)68(81)67(80)64(59-76)86-74/h5,7,11,13,17,19,23-24,26-27,29-30,32-33,55,57,62-65,67-74,76-78,80-84H,3-4,6,8-10,12,14-16,18,20-22,25,28,31,34-54,56,58-61H2,1-2H3,(H,75,79)/b7-5-,13-11-,19-17-,24-23-,27-26-,30-29-,33-32-,57-55+. The number of ether oxygens (including phenoxy) is 4. The summed E-state index contributed by atoms with van der Waals surface area (Å²) in [7, 11) is 0. The van der Waals surface area contributed by atoms with E-state index in [-0.39, 0.29) is 18.9 Å². The van der Waals surface area contributed by atoms with E-state index in [1.807, 2.05) is 6.08 Å². The van der Waals surface area contributed by atoms with Crippen molar-refractivity contribution in [3.05, 3.63) is 97.2 Å². The zero-order valence-electron chi connectivity index (χ0n) is 55.2. The lowest BCUT2D eigenvalue weighted by Crippen LogP contribution is -2.65. The summed E-state index contributed by atoms with van der Waals surface area (Å²) in [6, 6.07) is -0.921. The summed E-state index contributed by atoms with van der Waals surface area (Å²) >= 11 is 0. The van der Waals surface area contributed by atoms with E-state index < -0.39 is 86.8 Å². The van der Waals surface area contributed by atoms with Crippen LogP contribution < -0.4 is 5.32 Å². The van der Waals surface area contributed by atoms with Crippen molar-refractivity contribution in [2.75, 3.05) is 19.8 Å².